The first-order chi connectivity index (χ1) is 17.2. The van der Waals surface area contributed by atoms with Crippen LogP contribution in [0.5, 0.6) is 5.88 Å². The largest absolute Gasteiger partial charge is 0.473 e. The second-order valence-corrected chi connectivity index (χ2v) is 7.96. The van der Waals surface area contributed by atoms with Crippen molar-refractivity contribution in [2.45, 2.75) is 13.2 Å². The molecule has 0 spiro atoms. The van der Waals surface area contributed by atoms with Gasteiger partial charge in [0.15, 0.2) is 5.69 Å². The molecule has 3 aromatic carbocycles. The fourth-order valence-corrected chi connectivity index (χ4v) is 3.73. The molecular formula is C28H22N4O3. The van der Waals surface area contributed by atoms with Gasteiger partial charge < -0.3 is 10.1 Å². The molecule has 0 atom stereocenters. The third kappa shape index (κ3) is 5.09. The SMILES string of the molecule is O=C(Nc1ccc(OCc2ccccc2)nc1)c1nn(Cc2ccccc2)c(=O)c2ccccc12. The van der Waals surface area contributed by atoms with E-state index in [1.807, 2.05) is 60.7 Å². The van der Waals surface area contributed by atoms with Gasteiger partial charge in [0.25, 0.3) is 11.5 Å². The molecule has 2 aromatic heterocycles. The summed E-state index contributed by atoms with van der Waals surface area (Å²) in [5, 5.41) is 8.18. The summed E-state index contributed by atoms with van der Waals surface area (Å²) in [5.74, 6) is 0.0228. The topological polar surface area (TPSA) is 86.1 Å². The number of amides is 1. The zero-order chi connectivity index (χ0) is 24.0. The number of carbonyl (C=O) groups excluding carboxylic acids is 1. The summed E-state index contributed by atoms with van der Waals surface area (Å²) in [5.41, 5.74) is 2.37. The number of hydrogen-bond donors (Lipinski definition) is 1. The van der Waals surface area contributed by atoms with Crippen LogP contribution in [0.3, 0.4) is 0 Å². The second-order valence-electron chi connectivity index (χ2n) is 7.96. The number of nitrogens with one attached hydrogen (secondary N) is 1. The zero-order valence-corrected chi connectivity index (χ0v) is 18.8. The standard InChI is InChI=1S/C28H22N4O3/c33-27(30-22-15-16-25(29-17-22)35-19-21-11-5-2-6-12-21)26-23-13-7-8-14-24(23)28(34)32(31-26)18-20-9-3-1-4-10-20/h1-17H,18-19H2,(H,30,33). The predicted octanol–water partition coefficient (Wildman–Crippen LogP) is 4.67. The molecule has 1 N–H and O–H groups in total. The first kappa shape index (κ1) is 22.0. The molecule has 0 aliphatic carbocycles. The quantitative estimate of drug-likeness (QED) is 0.380. The molecule has 5 aromatic rings. The van der Waals surface area contributed by atoms with Crippen LogP contribution in [0.1, 0.15) is 21.6 Å². The molecule has 7 nitrogen and oxygen atoms in total. The average molecular weight is 463 g/mol. The smallest absolute Gasteiger partial charge is 0.276 e. The van der Waals surface area contributed by atoms with Gasteiger partial charge in [-0.15, -0.1) is 0 Å². The molecule has 7 heteroatoms. The minimum absolute atomic E-state index is 0.167. The Morgan fingerprint density at radius 3 is 2.14 bits per heavy atom. The van der Waals surface area contributed by atoms with E-state index in [1.165, 1.54) is 10.9 Å². The van der Waals surface area contributed by atoms with Crippen LogP contribution >= 0.6 is 0 Å². The summed E-state index contributed by atoms with van der Waals surface area (Å²) in [4.78, 5) is 30.5. The van der Waals surface area contributed by atoms with Crippen molar-refractivity contribution in [3.8, 4) is 5.88 Å². The maximum Gasteiger partial charge on any atom is 0.276 e. The molecule has 0 bridgehead atoms. The van der Waals surface area contributed by atoms with Crippen molar-refractivity contribution >= 4 is 22.4 Å². The summed E-state index contributed by atoms with van der Waals surface area (Å²) < 4.78 is 7.03. The molecule has 0 fully saturated rings. The molecule has 2 heterocycles. The summed E-state index contributed by atoms with van der Waals surface area (Å²) in [6.45, 7) is 0.665. The van der Waals surface area contributed by atoms with Gasteiger partial charge in [-0.1, -0.05) is 78.9 Å². The Labute approximate surface area is 201 Å². The fraction of sp³-hybridized carbons (Fsp3) is 0.0714. The number of carbonyl (C=O) groups is 1. The van der Waals surface area contributed by atoms with Gasteiger partial charge >= 0.3 is 0 Å². The Balaban J connectivity index is 1.37. The van der Waals surface area contributed by atoms with Crippen molar-refractivity contribution in [2.24, 2.45) is 0 Å². The van der Waals surface area contributed by atoms with Crippen molar-refractivity contribution in [1.82, 2.24) is 14.8 Å². The van der Waals surface area contributed by atoms with Crippen molar-refractivity contribution in [2.75, 3.05) is 5.32 Å². The third-order valence-corrected chi connectivity index (χ3v) is 5.48. The summed E-state index contributed by atoms with van der Waals surface area (Å²) in [6, 6.07) is 29.7. The Morgan fingerprint density at radius 2 is 1.46 bits per heavy atom. The van der Waals surface area contributed by atoms with Crippen molar-refractivity contribution in [3.05, 3.63) is 130 Å². The van der Waals surface area contributed by atoms with Crippen LogP contribution in [0.2, 0.25) is 0 Å². The Hall–Kier alpha value is -4.78. The molecule has 0 unspecified atom stereocenters. The van der Waals surface area contributed by atoms with Gasteiger partial charge in [0.05, 0.1) is 23.8 Å². The lowest BCUT2D eigenvalue weighted by Crippen LogP contribution is -2.28. The molecule has 1 amide bonds. The fourth-order valence-electron chi connectivity index (χ4n) is 3.73. The van der Waals surface area contributed by atoms with E-state index in [0.29, 0.717) is 28.9 Å². The van der Waals surface area contributed by atoms with Crippen LogP contribution in [0.25, 0.3) is 10.8 Å². The predicted molar refractivity (Wildman–Crippen MR) is 135 cm³/mol. The number of nitrogens with zero attached hydrogens (tertiary/aromatic N) is 3. The molecule has 0 aliphatic heterocycles. The monoisotopic (exact) mass is 462 g/mol. The summed E-state index contributed by atoms with van der Waals surface area (Å²) in [6.07, 6.45) is 1.53. The number of anilines is 1. The van der Waals surface area contributed by atoms with Crippen molar-refractivity contribution < 1.29 is 9.53 Å². The van der Waals surface area contributed by atoms with Gasteiger partial charge in [-0.25, -0.2) is 9.67 Å². The van der Waals surface area contributed by atoms with Crippen LogP contribution in [0.4, 0.5) is 5.69 Å². The van der Waals surface area contributed by atoms with Crippen LogP contribution in [0, 0.1) is 0 Å². The lowest BCUT2D eigenvalue weighted by Gasteiger charge is -2.12. The molecular weight excluding hydrogens is 440 g/mol. The van der Waals surface area contributed by atoms with E-state index in [9.17, 15) is 9.59 Å². The maximum atomic E-state index is 13.2. The highest BCUT2D eigenvalue weighted by molar-refractivity contribution is 6.11. The highest BCUT2D eigenvalue weighted by Crippen LogP contribution is 2.18. The Bertz CT molecular complexity index is 1520. The average Bonchev–Trinajstić information content (AvgIpc) is 2.91. The number of aromatic nitrogens is 3. The number of rotatable bonds is 7. The van der Waals surface area contributed by atoms with Gasteiger partial charge in [0.2, 0.25) is 5.88 Å². The third-order valence-electron chi connectivity index (χ3n) is 5.48. The van der Waals surface area contributed by atoms with Crippen molar-refractivity contribution in [3.63, 3.8) is 0 Å². The molecule has 0 radical (unpaired) electrons. The zero-order valence-electron chi connectivity index (χ0n) is 18.8. The number of benzene rings is 3. The lowest BCUT2D eigenvalue weighted by molar-refractivity contribution is 0.102. The Kier molecular flexibility index (Phi) is 6.30. The number of hydrogen-bond acceptors (Lipinski definition) is 5. The Morgan fingerprint density at radius 1 is 0.800 bits per heavy atom. The van der Waals surface area contributed by atoms with E-state index in [0.717, 1.165) is 11.1 Å². The molecule has 0 saturated heterocycles. The van der Waals surface area contributed by atoms with Gasteiger partial charge in [-0.2, -0.15) is 5.10 Å². The van der Waals surface area contributed by atoms with Gasteiger partial charge in [-0.05, 0) is 23.3 Å². The minimum atomic E-state index is -0.428. The minimum Gasteiger partial charge on any atom is -0.473 e. The van der Waals surface area contributed by atoms with E-state index in [-0.39, 0.29) is 17.8 Å². The van der Waals surface area contributed by atoms with E-state index < -0.39 is 5.91 Å². The van der Waals surface area contributed by atoms with Crippen LogP contribution in [-0.4, -0.2) is 20.7 Å². The van der Waals surface area contributed by atoms with Crippen LogP contribution in [-0.2, 0) is 13.2 Å². The molecule has 5 rings (SSSR count). The summed E-state index contributed by atoms with van der Waals surface area (Å²) >= 11 is 0. The van der Waals surface area contributed by atoms with E-state index in [2.05, 4.69) is 15.4 Å². The van der Waals surface area contributed by atoms with Gasteiger partial charge in [0.1, 0.15) is 6.61 Å². The highest BCUT2D eigenvalue weighted by atomic mass is 16.5. The number of fused-ring (bicyclic) bond motifs is 1. The van der Waals surface area contributed by atoms with Gasteiger partial charge in [-0.3, -0.25) is 9.59 Å². The first-order valence-corrected chi connectivity index (χ1v) is 11.2. The highest BCUT2D eigenvalue weighted by Gasteiger charge is 2.17. The molecule has 0 aliphatic rings. The second kappa shape index (κ2) is 10.0. The number of pyridine rings is 1. The van der Waals surface area contributed by atoms with E-state index in [1.54, 1.807) is 36.4 Å². The van der Waals surface area contributed by atoms with Crippen molar-refractivity contribution in [1.29, 1.82) is 0 Å². The molecule has 0 saturated carbocycles. The number of ether oxygens (including phenoxy) is 1. The lowest BCUT2D eigenvalue weighted by atomic mass is 10.1. The molecule has 172 valence electrons. The van der Waals surface area contributed by atoms with Crippen LogP contribution in [0.15, 0.2) is 108 Å². The van der Waals surface area contributed by atoms with Gasteiger partial charge in [0, 0.05) is 11.5 Å². The first-order valence-electron chi connectivity index (χ1n) is 11.2. The van der Waals surface area contributed by atoms with Crippen LogP contribution < -0.4 is 15.6 Å². The molecule has 35 heavy (non-hydrogen) atoms. The normalized spacial score (nSPS) is 10.7. The van der Waals surface area contributed by atoms with E-state index >= 15 is 0 Å². The van der Waals surface area contributed by atoms with E-state index in [4.69, 9.17) is 4.74 Å². The maximum absolute atomic E-state index is 13.2. The summed E-state index contributed by atoms with van der Waals surface area (Å²) in [7, 11) is 0.